The van der Waals surface area contributed by atoms with Crippen molar-refractivity contribution in [1.29, 1.82) is 0 Å². The molecule has 1 nitrogen and oxygen atoms in total. The maximum Gasteiger partial charge on any atom is 0.416 e. The van der Waals surface area contributed by atoms with Gasteiger partial charge in [-0.15, -0.1) is 0 Å². The van der Waals surface area contributed by atoms with Gasteiger partial charge in [-0.2, -0.15) is 13.2 Å². The standard InChI is InChI=1S/C16H19F3O/c1-10-6-11(2)8-13(7-10)15(20)12-4-3-5-14(9-12)16(17,18)19/h3-5,9-11,13H,6-8H2,1-2H3. The molecule has 2 atom stereocenters. The van der Waals surface area contributed by atoms with E-state index in [1.165, 1.54) is 12.1 Å². The molecule has 0 aromatic heterocycles. The van der Waals surface area contributed by atoms with E-state index in [-0.39, 0.29) is 17.3 Å². The Morgan fingerprint density at radius 1 is 1.10 bits per heavy atom. The van der Waals surface area contributed by atoms with E-state index in [1.807, 2.05) is 0 Å². The van der Waals surface area contributed by atoms with Gasteiger partial charge in [-0.25, -0.2) is 0 Å². The van der Waals surface area contributed by atoms with Crippen molar-refractivity contribution >= 4 is 5.78 Å². The maximum absolute atomic E-state index is 12.7. The molecule has 0 aliphatic heterocycles. The molecule has 2 unspecified atom stereocenters. The molecule has 2 rings (SSSR count). The van der Waals surface area contributed by atoms with Crippen LogP contribution < -0.4 is 0 Å². The minimum absolute atomic E-state index is 0.141. The van der Waals surface area contributed by atoms with Crippen LogP contribution in [-0.4, -0.2) is 5.78 Å². The molecule has 1 aliphatic carbocycles. The Labute approximate surface area is 117 Å². The summed E-state index contributed by atoms with van der Waals surface area (Å²) in [6, 6.07) is 4.78. The van der Waals surface area contributed by atoms with Crippen molar-refractivity contribution in [2.45, 2.75) is 39.3 Å². The molecule has 4 heteroatoms. The lowest BCUT2D eigenvalue weighted by molar-refractivity contribution is -0.137. The SMILES string of the molecule is CC1CC(C)CC(C(=O)c2cccc(C(F)(F)F)c2)C1. The molecular formula is C16H19F3O. The van der Waals surface area contributed by atoms with Crippen LogP contribution in [-0.2, 0) is 6.18 Å². The van der Waals surface area contributed by atoms with Crippen molar-refractivity contribution in [3.8, 4) is 0 Å². The average molecular weight is 284 g/mol. The van der Waals surface area contributed by atoms with E-state index >= 15 is 0 Å². The Morgan fingerprint density at radius 2 is 1.70 bits per heavy atom. The second kappa shape index (κ2) is 5.58. The zero-order valence-corrected chi connectivity index (χ0v) is 11.7. The maximum atomic E-state index is 12.7. The second-order valence-electron chi connectivity index (χ2n) is 6.06. The first-order chi connectivity index (χ1) is 9.27. The van der Waals surface area contributed by atoms with Gasteiger partial charge in [0, 0.05) is 11.5 Å². The summed E-state index contributed by atoms with van der Waals surface area (Å²) in [6.07, 6.45) is -1.76. The minimum Gasteiger partial charge on any atom is -0.294 e. The zero-order chi connectivity index (χ0) is 14.9. The first kappa shape index (κ1) is 15.1. The van der Waals surface area contributed by atoms with Crippen LogP contribution in [0, 0.1) is 17.8 Å². The highest BCUT2D eigenvalue weighted by atomic mass is 19.4. The van der Waals surface area contributed by atoms with Crippen LogP contribution in [0.5, 0.6) is 0 Å². The molecule has 20 heavy (non-hydrogen) atoms. The summed E-state index contributed by atoms with van der Waals surface area (Å²) in [5.41, 5.74) is -0.564. The normalized spacial score (nSPS) is 27.4. The number of Topliss-reactive ketones (excluding diaryl/α,β-unsaturated/α-hetero) is 1. The highest BCUT2D eigenvalue weighted by Gasteiger charge is 2.33. The summed E-state index contributed by atoms with van der Waals surface area (Å²) < 4.78 is 38.1. The number of hydrogen-bond acceptors (Lipinski definition) is 1. The summed E-state index contributed by atoms with van der Waals surface area (Å²) in [5, 5.41) is 0. The van der Waals surface area contributed by atoms with Crippen molar-refractivity contribution in [3.63, 3.8) is 0 Å². The number of halogens is 3. The van der Waals surface area contributed by atoms with E-state index in [2.05, 4.69) is 13.8 Å². The van der Waals surface area contributed by atoms with Crippen molar-refractivity contribution in [1.82, 2.24) is 0 Å². The third-order valence-electron chi connectivity index (χ3n) is 4.02. The quantitative estimate of drug-likeness (QED) is 0.701. The molecular weight excluding hydrogens is 265 g/mol. The molecule has 110 valence electrons. The van der Waals surface area contributed by atoms with Gasteiger partial charge < -0.3 is 0 Å². The molecule has 0 radical (unpaired) electrons. The van der Waals surface area contributed by atoms with Gasteiger partial charge in [-0.1, -0.05) is 26.0 Å². The summed E-state index contributed by atoms with van der Waals surface area (Å²) >= 11 is 0. The topological polar surface area (TPSA) is 17.1 Å². The van der Waals surface area contributed by atoms with E-state index in [1.54, 1.807) is 0 Å². The highest BCUT2D eigenvalue weighted by Crippen LogP contribution is 2.36. The Kier molecular flexibility index (Phi) is 4.21. The number of hydrogen-bond donors (Lipinski definition) is 0. The van der Waals surface area contributed by atoms with Crippen LogP contribution in [0.25, 0.3) is 0 Å². The van der Waals surface area contributed by atoms with E-state index < -0.39 is 11.7 Å². The smallest absolute Gasteiger partial charge is 0.294 e. The lowest BCUT2D eigenvalue weighted by atomic mass is 9.74. The molecule has 1 aromatic rings. The molecule has 0 spiro atoms. The van der Waals surface area contributed by atoms with Gasteiger partial charge in [0.15, 0.2) is 5.78 Å². The number of benzene rings is 1. The molecule has 1 saturated carbocycles. The lowest BCUT2D eigenvalue weighted by Gasteiger charge is -2.30. The molecule has 1 aliphatic rings. The fraction of sp³-hybridized carbons (Fsp3) is 0.562. The van der Waals surface area contributed by atoms with Crippen LogP contribution in [0.1, 0.15) is 49.0 Å². The van der Waals surface area contributed by atoms with Crippen LogP contribution in [0.15, 0.2) is 24.3 Å². The highest BCUT2D eigenvalue weighted by molar-refractivity contribution is 5.98. The molecule has 0 bridgehead atoms. The van der Waals surface area contributed by atoms with Crippen LogP contribution in [0.3, 0.4) is 0 Å². The van der Waals surface area contributed by atoms with Crippen LogP contribution in [0.4, 0.5) is 13.2 Å². The van der Waals surface area contributed by atoms with E-state index in [4.69, 9.17) is 0 Å². The van der Waals surface area contributed by atoms with Gasteiger partial charge in [0.05, 0.1) is 5.56 Å². The number of ketones is 1. The largest absolute Gasteiger partial charge is 0.416 e. The third-order valence-corrected chi connectivity index (χ3v) is 4.02. The molecule has 1 aromatic carbocycles. The van der Waals surface area contributed by atoms with Gasteiger partial charge in [0.2, 0.25) is 0 Å². The Morgan fingerprint density at radius 3 is 2.25 bits per heavy atom. The summed E-state index contributed by atoms with van der Waals surface area (Å²) in [4.78, 5) is 12.4. The fourth-order valence-electron chi connectivity index (χ4n) is 3.25. The van der Waals surface area contributed by atoms with Gasteiger partial charge >= 0.3 is 6.18 Å². The van der Waals surface area contributed by atoms with Gasteiger partial charge in [-0.05, 0) is 43.2 Å². The zero-order valence-electron chi connectivity index (χ0n) is 11.7. The predicted molar refractivity (Wildman–Crippen MR) is 71.4 cm³/mol. The Hall–Kier alpha value is -1.32. The van der Waals surface area contributed by atoms with Crippen molar-refractivity contribution < 1.29 is 18.0 Å². The first-order valence-corrected chi connectivity index (χ1v) is 6.99. The van der Waals surface area contributed by atoms with E-state index in [0.717, 1.165) is 31.4 Å². The fourth-order valence-corrected chi connectivity index (χ4v) is 3.25. The van der Waals surface area contributed by atoms with Crippen LogP contribution >= 0.6 is 0 Å². The lowest BCUT2D eigenvalue weighted by Crippen LogP contribution is -2.26. The van der Waals surface area contributed by atoms with E-state index in [0.29, 0.717) is 11.8 Å². The molecule has 1 fully saturated rings. The minimum atomic E-state index is -4.40. The van der Waals surface area contributed by atoms with Gasteiger partial charge in [0.1, 0.15) is 0 Å². The Balaban J connectivity index is 2.21. The summed E-state index contributed by atoms with van der Waals surface area (Å²) in [5.74, 6) is 0.628. The average Bonchev–Trinajstić information content (AvgIpc) is 2.36. The number of carbonyl (C=O) groups excluding carboxylic acids is 1. The van der Waals surface area contributed by atoms with Gasteiger partial charge in [0.25, 0.3) is 0 Å². The van der Waals surface area contributed by atoms with E-state index in [9.17, 15) is 18.0 Å². The molecule has 0 amide bonds. The number of alkyl halides is 3. The molecule has 0 heterocycles. The third kappa shape index (κ3) is 3.41. The summed E-state index contributed by atoms with van der Waals surface area (Å²) in [6.45, 7) is 4.20. The molecule has 0 N–H and O–H groups in total. The van der Waals surface area contributed by atoms with Crippen molar-refractivity contribution in [2.75, 3.05) is 0 Å². The molecule has 0 saturated heterocycles. The number of rotatable bonds is 2. The first-order valence-electron chi connectivity index (χ1n) is 6.99. The summed E-state index contributed by atoms with van der Waals surface area (Å²) in [7, 11) is 0. The van der Waals surface area contributed by atoms with Gasteiger partial charge in [-0.3, -0.25) is 4.79 Å². The van der Waals surface area contributed by atoms with Crippen molar-refractivity contribution in [3.05, 3.63) is 35.4 Å². The predicted octanol–water partition coefficient (Wildman–Crippen LogP) is 4.96. The monoisotopic (exact) mass is 284 g/mol. The van der Waals surface area contributed by atoms with Crippen molar-refractivity contribution in [2.24, 2.45) is 17.8 Å². The Bertz CT molecular complexity index is 483. The second-order valence-corrected chi connectivity index (χ2v) is 6.06. The number of carbonyl (C=O) groups is 1. The van der Waals surface area contributed by atoms with Crippen LogP contribution in [0.2, 0.25) is 0 Å².